The Morgan fingerprint density at radius 1 is 1.15 bits per heavy atom. The molecule has 26 heavy (non-hydrogen) atoms. The average molecular weight is 384 g/mol. The Hall–Kier alpha value is -2.17. The smallest absolute Gasteiger partial charge is 0.209 e. The summed E-state index contributed by atoms with van der Waals surface area (Å²) in [6, 6.07) is 14.9. The quantitative estimate of drug-likeness (QED) is 0.702. The van der Waals surface area contributed by atoms with Gasteiger partial charge in [-0.3, -0.25) is 0 Å². The molecular weight excluding hydrogens is 362 g/mol. The van der Waals surface area contributed by atoms with Crippen molar-refractivity contribution < 1.29 is 17.0 Å². The van der Waals surface area contributed by atoms with Crippen molar-refractivity contribution in [2.24, 2.45) is 0 Å². The molecule has 1 aromatic heterocycles. The fourth-order valence-corrected chi connectivity index (χ4v) is 4.51. The molecule has 0 spiro atoms. The number of para-hydroxylation sites is 1. The maximum atomic E-state index is 4.51. The SMILES string of the molecule is Cc1nc2ccc(N/C=C/C3=[N+](C)c4ccccc4C3(C)C)cc2s1.[Cl-]. The normalized spacial score (nSPS) is 15.4. The maximum Gasteiger partial charge on any atom is 0.209 e. The number of fused-ring (bicyclic) bond motifs is 2. The predicted molar refractivity (Wildman–Crippen MR) is 107 cm³/mol. The minimum atomic E-state index is 0. The summed E-state index contributed by atoms with van der Waals surface area (Å²) in [5.41, 5.74) is 6.10. The highest BCUT2D eigenvalue weighted by Crippen LogP contribution is 2.38. The fraction of sp³-hybridized carbons (Fsp3) is 0.238. The summed E-state index contributed by atoms with van der Waals surface area (Å²) in [5, 5.41) is 4.51. The van der Waals surface area contributed by atoms with E-state index in [0.29, 0.717) is 0 Å². The Morgan fingerprint density at radius 3 is 2.69 bits per heavy atom. The Labute approximate surface area is 164 Å². The summed E-state index contributed by atoms with van der Waals surface area (Å²) in [6.45, 7) is 6.60. The van der Waals surface area contributed by atoms with E-state index in [4.69, 9.17) is 0 Å². The molecule has 4 rings (SSSR count). The molecule has 0 bridgehead atoms. The molecule has 2 aromatic carbocycles. The molecule has 1 aliphatic heterocycles. The van der Waals surface area contributed by atoms with Gasteiger partial charge in [-0.2, -0.15) is 4.58 Å². The van der Waals surface area contributed by atoms with Gasteiger partial charge >= 0.3 is 0 Å². The molecule has 3 aromatic rings. The number of thiazole rings is 1. The fourth-order valence-electron chi connectivity index (χ4n) is 3.65. The molecule has 1 N–H and O–H groups in total. The second-order valence-corrected chi connectivity index (χ2v) is 8.21. The number of anilines is 1. The molecule has 0 unspecified atom stereocenters. The van der Waals surface area contributed by atoms with E-state index in [-0.39, 0.29) is 17.8 Å². The zero-order chi connectivity index (χ0) is 17.6. The van der Waals surface area contributed by atoms with E-state index < -0.39 is 0 Å². The van der Waals surface area contributed by atoms with Crippen LogP contribution in [-0.4, -0.2) is 22.3 Å². The highest BCUT2D eigenvalue weighted by atomic mass is 35.5. The second kappa shape index (κ2) is 6.86. The molecule has 134 valence electrons. The standard InChI is InChI=1S/C21H21N3S.ClH/c1-14-23-17-10-9-15(13-19(17)25-14)22-12-11-20-21(2,3)16-7-5-6-8-18(16)24(20)4;/h5-13H,1-4H3;1H. The van der Waals surface area contributed by atoms with E-state index >= 15 is 0 Å². The lowest BCUT2D eigenvalue weighted by Gasteiger charge is -2.15. The Morgan fingerprint density at radius 2 is 1.92 bits per heavy atom. The van der Waals surface area contributed by atoms with Gasteiger partial charge in [0.15, 0.2) is 5.71 Å². The highest BCUT2D eigenvalue weighted by molar-refractivity contribution is 7.18. The number of halogens is 1. The van der Waals surface area contributed by atoms with Gasteiger partial charge in [0.2, 0.25) is 5.69 Å². The van der Waals surface area contributed by atoms with Crippen molar-refractivity contribution >= 4 is 38.6 Å². The van der Waals surface area contributed by atoms with Crippen LogP contribution in [0.1, 0.15) is 24.4 Å². The first-order valence-electron chi connectivity index (χ1n) is 8.48. The summed E-state index contributed by atoms with van der Waals surface area (Å²) in [5.74, 6) is 0. The van der Waals surface area contributed by atoms with Crippen LogP contribution in [0.25, 0.3) is 10.2 Å². The zero-order valence-corrected chi connectivity index (χ0v) is 16.9. The van der Waals surface area contributed by atoms with Crippen LogP contribution >= 0.6 is 11.3 Å². The minimum Gasteiger partial charge on any atom is -1.00 e. The third kappa shape index (κ3) is 3.04. The van der Waals surface area contributed by atoms with Crippen LogP contribution in [0.3, 0.4) is 0 Å². The van der Waals surface area contributed by atoms with Crippen molar-refractivity contribution in [3.05, 3.63) is 65.3 Å². The van der Waals surface area contributed by atoms with Crippen molar-refractivity contribution in [3.63, 3.8) is 0 Å². The first-order valence-corrected chi connectivity index (χ1v) is 9.29. The monoisotopic (exact) mass is 383 g/mol. The van der Waals surface area contributed by atoms with Gasteiger partial charge < -0.3 is 17.7 Å². The van der Waals surface area contributed by atoms with E-state index in [9.17, 15) is 0 Å². The number of allylic oxidation sites excluding steroid dienone is 1. The zero-order valence-electron chi connectivity index (χ0n) is 15.4. The third-order valence-corrected chi connectivity index (χ3v) is 5.86. The summed E-state index contributed by atoms with van der Waals surface area (Å²) >= 11 is 1.73. The van der Waals surface area contributed by atoms with Gasteiger partial charge in [0.25, 0.3) is 0 Å². The predicted octanol–water partition coefficient (Wildman–Crippen LogP) is 2.24. The summed E-state index contributed by atoms with van der Waals surface area (Å²) in [6.07, 6.45) is 4.22. The summed E-state index contributed by atoms with van der Waals surface area (Å²) < 4.78 is 3.50. The van der Waals surface area contributed by atoms with E-state index in [1.54, 1.807) is 11.3 Å². The second-order valence-electron chi connectivity index (χ2n) is 6.98. The van der Waals surface area contributed by atoms with Gasteiger partial charge in [0.1, 0.15) is 7.05 Å². The molecule has 3 nitrogen and oxygen atoms in total. The third-order valence-electron chi connectivity index (χ3n) is 4.93. The van der Waals surface area contributed by atoms with E-state index in [0.717, 1.165) is 16.2 Å². The number of aromatic nitrogens is 1. The van der Waals surface area contributed by atoms with Gasteiger partial charge in [-0.15, -0.1) is 11.3 Å². The number of benzene rings is 2. The maximum absolute atomic E-state index is 4.51. The molecule has 0 amide bonds. The van der Waals surface area contributed by atoms with Crippen LogP contribution in [0.4, 0.5) is 11.4 Å². The molecule has 2 heterocycles. The number of hydrogen-bond acceptors (Lipinski definition) is 3. The molecular formula is C21H22ClN3S. The highest BCUT2D eigenvalue weighted by Gasteiger charge is 2.42. The Balaban J connectivity index is 0.00000196. The van der Waals surface area contributed by atoms with Crippen molar-refractivity contribution in [1.82, 2.24) is 4.98 Å². The number of aryl methyl sites for hydroxylation is 1. The van der Waals surface area contributed by atoms with Gasteiger partial charge in [-0.25, -0.2) is 4.98 Å². The van der Waals surface area contributed by atoms with E-state index in [1.807, 2.05) is 13.1 Å². The Bertz CT molecular complexity index is 1030. The summed E-state index contributed by atoms with van der Waals surface area (Å²) in [7, 11) is 2.14. The van der Waals surface area contributed by atoms with Crippen LogP contribution in [0.2, 0.25) is 0 Å². The molecule has 0 atom stereocenters. The molecule has 5 heteroatoms. The molecule has 0 aliphatic carbocycles. The van der Waals surface area contributed by atoms with Crippen LogP contribution < -0.4 is 17.7 Å². The lowest BCUT2D eigenvalue weighted by atomic mass is 9.81. The largest absolute Gasteiger partial charge is 1.00 e. The van der Waals surface area contributed by atoms with Gasteiger partial charge in [-0.1, -0.05) is 18.2 Å². The average Bonchev–Trinajstić information content (AvgIpc) is 3.05. The van der Waals surface area contributed by atoms with Crippen LogP contribution in [0, 0.1) is 6.92 Å². The van der Waals surface area contributed by atoms with Gasteiger partial charge in [-0.05, 0) is 39.0 Å². The lowest BCUT2D eigenvalue weighted by molar-refractivity contribution is -0.401. The van der Waals surface area contributed by atoms with Crippen molar-refractivity contribution in [2.45, 2.75) is 26.2 Å². The first kappa shape index (κ1) is 18.6. The van der Waals surface area contributed by atoms with Crippen molar-refractivity contribution in [3.8, 4) is 0 Å². The van der Waals surface area contributed by atoms with E-state index in [2.05, 4.69) is 84.3 Å². The Kier molecular flexibility index (Phi) is 4.91. The van der Waals surface area contributed by atoms with Crippen LogP contribution in [-0.2, 0) is 5.41 Å². The molecule has 0 saturated carbocycles. The molecule has 0 saturated heterocycles. The van der Waals surface area contributed by atoms with Crippen LogP contribution in [0.5, 0.6) is 0 Å². The number of nitrogens with one attached hydrogen (secondary N) is 1. The lowest BCUT2D eigenvalue weighted by Crippen LogP contribution is -3.00. The van der Waals surface area contributed by atoms with Crippen molar-refractivity contribution in [2.75, 3.05) is 12.4 Å². The molecule has 1 aliphatic rings. The number of rotatable bonds is 3. The molecule has 0 fully saturated rings. The number of nitrogens with zero attached hydrogens (tertiary/aromatic N) is 2. The topological polar surface area (TPSA) is 27.9 Å². The number of hydrogen-bond donors (Lipinski definition) is 1. The summed E-state index contributed by atoms with van der Waals surface area (Å²) in [4.78, 5) is 4.51. The van der Waals surface area contributed by atoms with Gasteiger partial charge in [0, 0.05) is 29.6 Å². The first-order chi connectivity index (χ1) is 12.0. The van der Waals surface area contributed by atoms with Crippen LogP contribution in [0.15, 0.2) is 54.7 Å². The minimum absolute atomic E-state index is 0. The van der Waals surface area contributed by atoms with E-state index in [1.165, 1.54) is 21.7 Å². The van der Waals surface area contributed by atoms with Gasteiger partial charge in [0.05, 0.1) is 20.6 Å². The van der Waals surface area contributed by atoms with Crippen molar-refractivity contribution in [1.29, 1.82) is 0 Å². The molecule has 0 radical (unpaired) electrons.